The predicted molar refractivity (Wildman–Crippen MR) is 51.8 cm³/mol. The second-order valence-corrected chi connectivity index (χ2v) is 3.17. The zero-order valence-corrected chi connectivity index (χ0v) is 11.8. The Kier molecular flexibility index (Phi) is 6.94. The van der Waals surface area contributed by atoms with Crippen LogP contribution in [0.3, 0.4) is 0 Å². The van der Waals surface area contributed by atoms with Gasteiger partial charge >= 0.3 is 51.4 Å². The summed E-state index contributed by atoms with van der Waals surface area (Å²) in [5.74, 6) is 0.704. The van der Waals surface area contributed by atoms with Crippen LogP contribution >= 0.6 is 12.2 Å². The molecule has 58 valence electrons. The number of aryl methyl sites for hydroxylation is 1. The molecular weight excluding hydrogens is 215 g/mol. The number of hydrogen-bond acceptors (Lipinski definition) is 3. The van der Waals surface area contributed by atoms with Crippen LogP contribution in [0.25, 0.3) is 0 Å². The fourth-order valence-electron chi connectivity index (χ4n) is 0.703. The molecule has 0 N–H and O–H groups in total. The van der Waals surface area contributed by atoms with Gasteiger partial charge in [-0.3, -0.25) is 0 Å². The summed E-state index contributed by atoms with van der Waals surface area (Å²) in [4.78, 5) is 0. The summed E-state index contributed by atoms with van der Waals surface area (Å²) in [5, 5.41) is 0. The molecule has 0 aliphatic heterocycles. The van der Waals surface area contributed by atoms with E-state index < -0.39 is 0 Å². The van der Waals surface area contributed by atoms with Crippen LogP contribution in [0.15, 0.2) is 24.3 Å². The van der Waals surface area contributed by atoms with E-state index in [1.165, 1.54) is 5.56 Å². The van der Waals surface area contributed by atoms with Crippen LogP contribution in [0.2, 0.25) is 0 Å². The monoisotopic (exact) mass is 222 g/mol. The molecule has 0 spiro atoms. The van der Waals surface area contributed by atoms with E-state index in [4.69, 9.17) is 4.74 Å². The first kappa shape index (κ1) is 13.0. The Balaban J connectivity index is 0.00000121. The van der Waals surface area contributed by atoms with Crippen molar-refractivity contribution >= 4 is 29.2 Å². The number of benzene rings is 1. The topological polar surface area (TPSA) is 9.23 Å². The fraction of sp³-hybridized carbons (Fsp3) is 0.125. The van der Waals surface area contributed by atoms with Crippen molar-refractivity contribution in [2.24, 2.45) is 0 Å². The van der Waals surface area contributed by atoms with Crippen molar-refractivity contribution in [3.63, 3.8) is 0 Å². The van der Waals surface area contributed by atoms with Gasteiger partial charge in [0, 0.05) is 4.38 Å². The summed E-state index contributed by atoms with van der Waals surface area (Å²) in [6, 6.07) is 7.58. The van der Waals surface area contributed by atoms with E-state index in [9.17, 15) is 0 Å². The van der Waals surface area contributed by atoms with E-state index in [-0.39, 0.29) is 55.8 Å². The SMILES string of the molecule is Cc1ccc(OC(=S)[S-])cc1.[K+]. The third kappa shape index (κ3) is 4.86. The summed E-state index contributed by atoms with van der Waals surface area (Å²) in [5.41, 5.74) is 1.19. The zero-order chi connectivity index (χ0) is 8.27. The minimum atomic E-state index is 0. The van der Waals surface area contributed by atoms with Crippen LogP contribution in [-0.4, -0.2) is 4.38 Å². The largest absolute Gasteiger partial charge is 1.00 e. The van der Waals surface area contributed by atoms with Crippen LogP contribution in [0.5, 0.6) is 5.75 Å². The first-order valence-corrected chi connectivity index (χ1v) is 3.95. The molecule has 0 radical (unpaired) electrons. The van der Waals surface area contributed by atoms with Gasteiger partial charge in [0.05, 0.1) is 0 Å². The standard InChI is InChI=1S/C8H8OS2.K/c1-6-2-4-7(5-3-6)9-8(10)11;/h2-5H,1H3,(H,10,11);/q;+1/p-1. The third-order valence-corrected chi connectivity index (χ3v) is 1.39. The molecule has 1 nitrogen and oxygen atoms in total. The predicted octanol–water partition coefficient (Wildman–Crippen LogP) is -0.790. The Bertz CT molecular complexity index is 258. The van der Waals surface area contributed by atoms with E-state index in [2.05, 4.69) is 24.8 Å². The molecular formula is C8H7KOS2. The van der Waals surface area contributed by atoms with Gasteiger partial charge in [-0.1, -0.05) is 17.7 Å². The molecule has 0 fully saturated rings. The Morgan fingerprint density at radius 2 is 1.83 bits per heavy atom. The maximum absolute atomic E-state index is 5.02. The maximum atomic E-state index is 5.02. The van der Waals surface area contributed by atoms with Gasteiger partial charge in [0.15, 0.2) is 0 Å². The van der Waals surface area contributed by atoms with Gasteiger partial charge < -0.3 is 29.6 Å². The zero-order valence-electron chi connectivity index (χ0n) is 7.03. The average Bonchev–Trinajstić information content (AvgIpc) is 1.93. The van der Waals surface area contributed by atoms with Crippen LogP contribution in [-0.2, 0) is 12.6 Å². The first-order chi connectivity index (χ1) is 5.18. The molecule has 0 saturated heterocycles. The molecule has 0 heterocycles. The Morgan fingerprint density at radius 3 is 2.25 bits per heavy atom. The molecule has 4 heteroatoms. The normalized spacial score (nSPS) is 8.42. The van der Waals surface area contributed by atoms with Gasteiger partial charge in [-0.15, -0.1) is 0 Å². The number of ether oxygens (including phenoxy) is 1. The summed E-state index contributed by atoms with van der Waals surface area (Å²) in [6.45, 7) is 2.01. The van der Waals surface area contributed by atoms with Crippen LogP contribution in [0, 0.1) is 6.92 Å². The van der Waals surface area contributed by atoms with Crippen molar-refractivity contribution in [1.82, 2.24) is 0 Å². The molecule has 0 aromatic heterocycles. The summed E-state index contributed by atoms with van der Waals surface area (Å²) >= 11 is 9.21. The number of thiocarbonyl (C=S) groups is 1. The second-order valence-electron chi connectivity index (χ2n) is 2.17. The summed E-state index contributed by atoms with van der Waals surface area (Å²) < 4.78 is 5.15. The molecule has 0 aliphatic rings. The smallest absolute Gasteiger partial charge is 0.477 e. The van der Waals surface area contributed by atoms with Crippen molar-refractivity contribution in [2.75, 3.05) is 0 Å². The number of rotatable bonds is 1. The first-order valence-electron chi connectivity index (χ1n) is 3.14. The van der Waals surface area contributed by atoms with Gasteiger partial charge in [0.25, 0.3) is 0 Å². The van der Waals surface area contributed by atoms with Gasteiger partial charge in [0.2, 0.25) is 0 Å². The molecule has 0 bridgehead atoms. The Hall–Kier alpha value is 0.966. The summed E-state index contributed by atoms with van der Waals surface area (Å²) in [7, 11) is 0. The fourth-order valence-corrected chi connectivity index (χ4v) is 0.895. The number of hydrogen-bond donors (Lipinski definition) is 0. The molecule has 0 unspecified atom stereocenters. The quantitative estimate of drug-likeness (QED) is 0.350. The maximum Gasteiger partial charge on any atom is 1.00 e. The van der Waals surface area contributed by atoms with Gasteiger partial charge in [0.1, 0.15) is 5.75 Å². The second kappa shape index (κ2) is 6.42. The minimum Gasteiger partial charge on any atom is -0.477 e. The van der Waals surface area contributed by atoms with E-state index in [0.717, 1.165) is 0 Å². The Labute approximate surface area is 126 Å². The minimum absolute atomic E-state index is 0. The van der Waals surface area contributed by atoms with Crippen LogP contribution in [0.1, 0.15) is 5.56 Å². The van der Waals surface area contributed by atoms with Gasteiger partial charge in [-0.05, 0) is 19.1 Å². The molecule has 1 rings (SSSR count). The van der Waals surface area contributed by atoms with Crippen LogP contribution < -0.4 is 56.1 Å². The van der Waals surface area contributed by atoms with E-state index in [1.54, 1.807) is 0 Å². The van der Waals surface area contributed by atoms with E-state index in [1.807, 2.05) is 31.2 Å². The van der Waals surface area contributed by atoms with Crippen LogP contribution in [0.4, 0.5) is 0 Å². The van der Waals surface area contributed by atoms with Crippen molar-refractivity contribution in [3.05, 3.63) is 29.8 Å². The molecule has 0 aliphatic carbocycles. The molecule has 12 heavy (non-hydrogen) atoms. The van der Waals surface area contributed by atoms with E-state index >= 15 is 0 Å². The van der Waals surface area contributed by atoms with E-state index in [0.29, 0.717) is 5.75 Å². The van der Waals surface area contributed by atoms with Gasteiger partial charge in [-0.2, -0.15) is 0 Å². The van der Waals surface area contributed by atoms with Crippen molar-refractivity contribution < 1.29 is 56.1 Å². The van der Waals surface area contributed by atoms with Crippen molar-refractivity contribution in [2.45, 2.75) is 6.92 Å². The van der Waals surface area contributed by atoms with Crippen molar-refractivity contribution in [1.29, 1.82) is 0 Å². The van der Waals surface area contributed by atoms with Crippen molar-refractivity contribution in [3.8, 4) is 5.75 Å². The average molecular weight is 222 g/mol. The molecule has 0 atom stereocenters. The molecule has 1 aromatic carbocycles. The molecule has 0 amide bonds. The Morgan fingerprint density at radius 1 is 1.33 bits per heavy atom. The molecule has 0 saturated carbocycles. The molecule has 1 aromatic rings. The summed E-state index contributed by atoms with van der Waals surface area (Å²) in [6.07, 6.45) is 0. The third-order valence-electron chi connectivity index (χ3n) is 1.22. The van der Waals surface area contributed by atoms with Gasteiger partial charge in [-0.25, -0.2) is 0 Å².